The van der Waals surface area contributed by atoms with Crippen LogP contribution >= 0.6 is 0 Å². The van der Waals surface area contributed by atoms with E-state index in [1.54, 1.807) is 30.1 Å². The molecule has 0 spiro atoms. The molecule has 0 unspecified atom stereocenters. The average molecular weight is 332 g/mol. The second-order valence-electron chi connectivity index (χ2n) is 6.06. The first-order valence-corrected chi connectivity index (χ1v) is 7.89. The number of carbonyl (C=O) groups is 1. The van der Waals surface area contributed by atoms with E-state index < -0.39 is 5.91 Å². The topological polar surface area (TPSA) is 93.8 Å². The zero-order chi connectivity index (χ0) is 17.6. The van der Waals surface area contributed by atoms with Gasteiger partial charge in [-0.15, -0.1) is 0 Å². The highest BCUT2D eigenvalue weighted by Crippen LogP contribution is 2.19. The van der Waals surface area contributed by atoms with Crippen LogP contribution in [0.3, 0.4) is 0 Å². The third-order valence-electron chi connectivity index (χ3n) is 4.43. The average Bonchev–Trinajstić information content (AvgIpc) is 2.97. The number of benzene rings is 2. The number of nitrogens with zero attached hydrogens (tertiary/aromatic N) is 2. The summed E-state index contributed by atoms with van der Waals surface area (Å²) in [4.78, 5) is 27.6. The van der Waals surface area contributed by atoms with E-state index in [9.17, 15) is 9.59 Å². The number of pyridine rings is 1. The van der Waals surface area contributed by atoms with Gasteiger partial charge >= 0.3 is 0 Å². The number of rotatable bonds is 3. The summed E-state index contributed by atoms with van der Waals surface area (Å²) in [5.41, 5.74) is 9.68. The van der Waals surface area contributed by atoms with Gasteiger partial charge in [-0.05, 0) is 35.7 Å². The number of H-pyrrole nitrogens is 1. The SMILES string of the molecule is Cn1ncc2[nH]c3ccc(Cc4ccccc4C(N)=O)cc3c(=O)c21. The smallest absolute Gasteiger partial charge is 0.248 e. The predicted octanol–water partition coefficient (Wildman–Crippen LogP) is 2.10. The molecule has 25 heavy (non-hydrogen) atoms. The van der Waals surface area contributed by atoms with Crippen molar-refractivity contribution < 1.29 is 4.79 Å². The number of amides is 1. The number of aryl methyl sites for hydroxylation is 1. The Kier molecular flexibility index (Phi) is 3.39. The van der Waals surface area contributed by atoms with Gasteiger partial charge in [0.2, 0.25) is 11.3 Å². The minimum absolute atomic E-state index is 0.0613. The van der Waals surface area contributed by atoms with Gasteiger partial charge in [-0.3, -0.25) is 14.3 Å². The molecule has 0 aliphatic rings. The van der Waals surface area contributed by atoms with Gasteiger partial charge in [0.1, 0.15) is 5.52 Å². The summed E-state index contributed by atoms with van der Waals surface area (Å²) in [6, 6.07) is 12.9. The molecule has 0 atom stereocenters. The zero-order valence-electron chi connectivity index (χ0n) is 13.6. The molecule has 0 saturated heterocycles. The Hall–Kier alpha value is -3.41. The van der Waals surface area contributed by atoms with Crippen LogP contribution in [0.25, 0.3) is 21.9 Å². The van der Waals surface area contributed by atoms with Crippen LogP contribution in [0.1, 0.15) is 21.5 Å². The van der Waals surface area contributed by atoms with Gasteiger partial charge < -0.3 is 10.7 Å². The normalized spacial score (nSPS) is 11.2. The van der Waals surface area contributed by atoms with E-state index in [4.69, 9.17) is 5.73 Å². The summed E-state index contributed by atoms with van der Waals surface area (Å²) in [5.74, 6) is -0.453. The van der Waals surface area contributed by atoms with Crippen LogP contribution in [0.15, 0.2) is 53.5 Å². The van der Waals surface area contributed by atoms with Gasteiger partial charge in [0, 0.05) is 23.5 Å². The van der Waals surface area contributed by atoms with Crippen molar-refractivity contribution in [3.05, 3.63) is 75.6 Å². The Labute approximate surface area is 142 Å². The molecule has 0 aliphatic carbocycles. The Balaban J connectivity index is 1.86. The van der Waals surface area contributed by atoms with E-state index in [1.165, 1.54) is 0 Å². The quantitative estimate of drug-likeness (QED) is 0.601. The summed E-state index contributed by atoms with van der Waals surface area (Å²) < 4.78 is 1.57. The van der Waals surface area contributed by atoms with Crippen LogP contribution in [0.2, 0.25) is 0 Å². The highest BCUT2D eigenvalue weighted by Gasteiger charge is 2.12. The second-order valence-corrected chi connectivity index (χ2v) is 6.06. The number of fused-ring (bicyclic) bond motifs is 2. The summed E-state index contributed by atoms with van der Waals surface area (Å²) in [6.45, 7) is 0. The highest BCUT2D eigenvalue weighted by molar-refractivity contribution is 5.94. The number of hydrogen-bond donors (Lipinski definition) is 2. The first-order valence-electron chi connectivity index (χ1n) is 7.89. The molecular formula is C19H16N4O2. The molecule has 2 aromatic carbocycles. The van der Waals surface area contributed by atoms with E-state index in [2.05, 4.69) is 10.1 Å². The first-order chi connectivity index (χ1) is 12.0. The molecule has 1 amide bonds. The Bertz CT molecular complexity index is 1190. The maximum Gasteiger partial charge on any atom is 0.248 e. The van der Waals surface area contributed by atoms with Crippen LogP contribution in [0, 0.1) is 0 Å². The fourth-order valence-corrected chi connectivity index (χ4v) is 3.20. The monoisotopic (exact) mass is 332 g/mol. The van der Waals surface area contributed by atoms with Crippen LogP contribution in [0.4, 0.5) is 0 Å². The van der Waals surface area contributed by atoms with Gasteiger partial charge in [0.25, 0.3) is 0 Å². The number of carbonyl (C=O) groups excluding carboxylic acids is 1. The fourth-order valence-electron chi connectivity index (χ4n) is 3.20. The van der Waals surface area contributed by atoms with Crippen molar-refractivity contribution in [2.24, 2.45) is 12.8 Å². The van der Waals surface area contributed by atoms with Crippen molar-refractivity contribution in [2.45, 2.75) is 6.42 Å². The third-order valence-corrected chi connectivity index (χ3v) is 4.43. The Morgan fingerprint density at radius 1 is 1.20 bits per heavy atom. The molecule has 2 aromatic heterocycles. The lowest BCUT2D eigenvalue weighted by molar-refractivity contribution is 0.0999. The van der Waals surface area contributed by atoms with Gasteiger partial charge in [-0.25, -0.2) is 0 Å². The van der Waals surface area contributed by atoms with Crippen LogP contribution < -0.4 is 11.2 Å². The number of nitrogens with one attached hydrogen (secondary N) is 1. The molecule has 4 rings (SSSR count). The van der Waals surface area contributed by atoms with E-state index in [0.29, 0.717) is 28.4 Å². The lowest BCUT2D eigenvalue weighted by Crippen LogP contribution is -2.14. The minimum atomic E-state index is -0.453. The largest absolute Gasteiger partial charge is 0.366 e. The maximum absolute atomic E-state index is 12.8. The molecule has 2 heterocycles. The summed E-state index contributed by atoms with van der Waals surface area (Å²) in [7, 11) is 1.75. The number of aromatic nitrogens is 3. The molecule has 0 aliphatic heterocycles. The van der Waals surface area contributed by atoms with Gasteiger partial charge in [-0.1, -0.05) is 24.3 Å². The summed E-state index contributed by atoms with van der Waals surface area (Å²) in [5, 5.41) is 4.74. The number of nitrogens with two attached hydrogens (primary N) is 1. The van der Waals surface area contributed by atoms with Crippen molar-refractivity contribution in [1.29, 1.82) is 0 Å². The number of primary amides is 1. The van der Waals surface area contributed by atoms with Gasteiger partial charge in [-0.2, -0.15) is 5.10 Å². The fraction of sp³-hybridized carbons (Fsp3) is 0.105. The van der Waals surface area contributed by atoms with Crippen molar-refractivity contribution >= 4 is 27.8 Å². The minimum Gasteiger partial charge on any atom is -0.366 e. The molecule has 0 bridgehead atoms. The number of hydrogen-bond acceptors (Lipinski definition) is 3. The number of aromatic amines is 1. The van der Waals surface area contributed by atoms with E-state index in [-0.39, 0.29) is 5.43 Å². The molecule has 6 nitrogen and oxygen atoms in total. The molecule has 124 valence electrons. The lowest BCUT2D eigenvalue weighted by Gasteiger charge is -2.08. The molecule has 4 aromatic rings. The third kappa shape index (κ3) is 2.48. The predicted molar refractivity (Wildman–Crippen MR) is 96.6 cm³/mol. The summed E-state index contributed by atoms with van der Waals surface area (Å²) in [6.07, 6.45) is 2.17. The molecule has 3 N–H and O–H groups in total. The Morgan fingerprint density at radius 2 is 2.00 bits per heavy atom. The van der Waals surface area contributed by atoms with Crippen molar-refractivity contribution in [2.75, 3.05) is 0 Å². The van der Waals surface area contributed by atoms with Crippen LogP contribution in [-0.2, 0) is 13.5 Å². The second kappa shape index (κ2) is 5.59. The van der Waals surface area contributed by atoms with Crippen molar-refractivity contribution in [3.8, 4) is 0 Å². The maximum atomic E-state index is 12.8. The van der Waals surface area contributed by atoms with Crippen LogP contribution in [-0.4, -0.2) is 20.7 Å². The highest BCUT2D eigenvalue weighted by atomic mass is 16.1. The van der Waals surface area contributed by atoms with Gasteiger partial charge in [0.15, 0.2) is 0 Å². The van der Waals surface area contributed by atoms with Crippen molar-refractivity contribution in [1.82, 2.24) is 14.8 Å². The van der Waals surface area contributed by atoms with E-state index in [1.807, 2.05) is 30.3 Å². The zero-order valence-corrected chi connectivity index (χ0v) is 13.6. The molecular weight excluding hydrogens is 316 g/mol. The standard InChI is InChI=1S/C19H16N4O2/c1-23-17-16(10-21-23)22-15-7-6-11(9-14(15)18(17)24)8-12-4-2-3-5-13(12)19(20)25/h2-7,9-10H,8H2,1H3,(H2,20,25)(H,22,24). The van der Waals surface area contributed by atoms with Crippen molar-refractivity contribution in [3.63, 3.8) is 0 Å². The van der Waals surface area contributed by atoms with E-state index in [0.717, 1.165) is 16.6 Å². The molecule has 0 radical (unpaired) electrons. The van der Waals surface area contributed by atoms with E-state index >= 15 is 0 Å². The van der Waals surface area contributed by atoms with Gasteiger partial charge in [0.05, 0.1) is 11.7 Å². The summed E-state index contributed by atoms with van der Waals surface area (Å²) >= 11 is 0. The Morgan fingerprint density at radius 3 is 2.80 bits per heavy atom. The molecule has 6 heteroatoms. The lowest BCUT2D eigenvalue weighted by atomic mass is 9.98. The first kappa shape index (κ1) is 15.1. The van der Waals surface area contributed by atoms with Crippen LogP contribution in [0.5, 0.6) is 0 Å². The molecule has 0 fully saturated rings. The molecule has 0 saturated carbocycles.